The summed E-state index contributed by atoms with van der Waals surface area (Å²) in [6.45, 7) is 0. The Morgan fingerprint density at radius 3 is 2.71 bits per heavy atom. The van der Waals surface area contributed by atoms with Gasteiger partial charge >= 0.3 is 5.97 Å². The summed E-state index contributed by atoms with van der Waals surface area (Å²) in [5, 5.41) is 0.983. The quantitative estimate of drug-likeness (QED) is 0.693. The molecule has 0 radical (unpaired) electrons. The molecule has 1 heterocycles. The Labute approximate surface area is 123 Å². The first kappa shape index (κ1) is 13.9. The fourth-order valence-corrected chi connectivity index (χ4v) is 2.92. The minimum absolute atomic E-state index is 0.0711. The van der Waals surface area contributed by atoms with Gasteiger partial charge in [0.15, 0.2) is 0 Å². The molecule has 1 aliphatic carbocycles. The number of aromatic nitrogens is 1. The zero-order chi connectivity index (χ0) is 14.7. The van der Waals surface area contributed by atoms with Crippen molar-refractivity contribution in [3.63, 3.8) is 0 Å². The number of fused-ring (bicyclic) bond motifs is 1. The molecule has 4 nitrogen and oxygen atoms in total. The van der Waals surface area contributed by atoms with Crippen molar-refractivity contribution in [1.82, 2.24) is 4.98 Å². The highest BCUT2D eigenvalue weighted by Gasteiger charge is 2.23. The molecule has 0 amide bonds. The second-order valence-corrected chi connectivity index (χ2v) is 5.62. The average Bonchev–Trinajstić information content (AvgIpc) is 2.91. The second kappa shape index (κ2) is 6.12. The number of esters is 1. The molecule has 4 heteroatoms. The average molecular weight is 285 g/mol. The van der Waals surface area contributed by atoms with Crippen LogP contribution in [0.15, 0.2) is 30.5 Å². The van der Waals surface area contributed by atoms with E-state index in [1.165, 1.54) is 6.42 Å². The first-order chi connectivity index (χ1) is 10.2. The largest absolute Gasteiger partial charge is 0.457 e. The zero-order valence-corrected chi connectivity index (χ0v) is 11.9. The number of carbonyl (C=O) groups is 2. The maximum atomic E-state index is 12.0. The summed E-state index contributed by atoms with van der Waals surface area (Å²) in [7, 11) is 0. The molecule has 1 aromatic heterocycles. The second-order valence-electron chi connectivity index (χ2n) is 5.62. The van der Waals surface area contributed by atoms with Crippen molar-refractivity contribution in [2.45, 2.75) is 44.6 Å². The standard InChI is InChI=1S/C17H19NO3/c19-16(17(20)21-13-6-2-1-3-7-13)10-12-11-18-15-9-5-4-8-14(12)15/h4-5,8-9,11,13,18H,1-3,6-7,10H2. The number of nitrogens with one attached hydrogen (secondary N) is 1. The Hall–Kier alpha value is -2.10. The summed E-state index contributed by atoms with van der Waals surface area (Å²) in [5.41, 5.74) is 1.82. The summed E-state index contributed by atoms with van der Waals surface area (Å²) in [6.07, 6.45) is 6.92. The number of carbonyl (C=O) groups excluding carboxylic acids is 2. The van der Waals surface area contributed by atoms with Crippen LogP contribution in [-0.2, 0) is 20.7 Å². The van der Waals surface area contributed by atoms with E-state index in [0.717, 1.165) is 42.1 Å². The van der Waals surface area contributed by atoms with Crippen LogP contribution < -0.4 is 0 Å². The molecule has 1 aliphatic rings. The molecule has 0 saturated heterocycles. The maximum Gasteiger partial charge on any atom is 0.375 e. The number of ketones is 1. The summed E-state index contributed by atoms with van der Waals surface area (Å²) in [4.78, 5) is 27.0. The van der Waals surface area contributed by atoms with Gasteiger partial charge in [0, 0.05) is 23.5 Å². The molecule has 110 valence electrons. The van der Waals surface area contributed by atoms with Gasteiger partial charge in [0.05, 0.1) is 0 Å². The Balaban J connectivity index is 1.64. The van der Waals surface area contributed by atoms with Gasteiger partial charge in [-0.15, -0.1) is 0 Å². The van der Waals surface area contributed by atoms with Crippen molar-refractivity contribution in [2.24, 2.45) is 0 Å². The molecule has 1 fully saturated rings. The van der Waals surface area contributed by atoms with Crippen molar-refractivity contribution in [3.05, 3.63) is 36.0 Å². The van der Waals surface area contributed by atoms with E-state index in [0.29, 0.717) is 0 Å². The lowest BCUT2D eigenvalue weighted by atomic mass is 9.98. The summed E-state index contributed by atoms with van der Waals surface area (Å²) in [6, 6.07) is 7.75. The first-order valence-corrected chi connectivity index (χ1v) is 7.53. The van der Waals surface area contributed by atoms with E-state index in [4.69, 9.17) is 4.74 Å². The fraction of sp³-hybridized carbons (Fsp3) is 0.412. The molecule has 1 N–H and O–H groups in total. The first-order valence-electron chi connectivity index (χ1n) is 7.53. The molecule has 1 aromatic carbocycles. The topological polar surface area (TPSA) is 59.2 Å². The van der Waals surface area contributed by atoms with Gasteiger partial charge in [-0.1, -0.05) is 24.6 Å². The summed E-state index contributed by atoms with van der Waals surface area (Å²) >= 11 is 0. The number of para-hydroxylation sites is 1. The number of aromatic amines is 1. The molecule has 21 heavy (non-hydrogen) atoms. The van der Waals surface area contributed by atoms with Gasteiger partial charge in [-0.3, -0.25) is 4.79 Å². The lowest BCUT2D eigenvalue weighted by molar-refractivity contribution is -0.158. The highest BCUT2D eigenvalue weighted by Crippen LogP contribution is 2.21. The molecule has 3 rings (SSSR count). The van der Waals surface area contributed by atoms with E-state index in [9.17, 15) is 9.59 Å². The van der Waals surface area contributed by atoms with Crippen LogP contribution in [-0.4, -0.2) is 22.8 Å². The molecular formula is C17H19NO3. The van der Waals surface area contributed by atoms with Crippen LogP contribution in [0, 0.1) is 0 Å². The van der Waals surface area contributed by atoms with Crippen LogP contribution in [0.5, 0.6) is 0 Å². The fourth-order valence-electron chi connectivity index (χ4n) is 2.92. The molecular weight excluding hydrogens is 266 g/mol. The Morgan fingerprint density at radius 2 is 1.90 bits per heavy atom. The van der Waals surface area contributed by atoms with Crippen molar-refractivity contribution < 1.29 is 14.3 Å². The van der Waals surface area contributed by atoms with E-state index >= 15 is 0 Å². The molecule has 0 atom stereocenters. The predicted octanol–water partition coefficient (Wildman–Crippen LogP) is 3.16. The monoisotopic (exact) mass is 285 g/mol. The van der Waals surface area contributed by atoms with Crippen molar-refractivity contribution in [2.75, 3.05) is 0 Å². The number of hydrogen-bond donors (Lipinski definition) is 1. The Morgan fingerprint density at radius 1 is 1.14 bits per heavy atom. The zero-order valence-electron chi connectivity index (χ0n) is 11.9. The Kier molecular flexibility index (Phi) is 4.04. The van der Waals surface area contributed by atoms with Gasteiger partial charge in [0.25, 0.3) is 0 Å². The van der Waals surface area contributed by atoms with Crippen molar-refractivity contribution in [1.29, 1.82) is 0 Å². The van der Waals surface area contributed by atoms with Crippen LogP contribution in [0.25, 0.3) is 10.9 Å². The molecule has 0 unspecified atom stereocenters. The molecule has 0 aliphatic heterocycles. The maximum absolute atomic E-state index is 12.0. The minimum Gasteiger partial charge on any atom is -0.457 e. The third kappa shape index (κ3) is 3.15. The normalized spacial score (nSPS) is 16.0. The number of H-pyrrole nitrogens is 1. The third-order valence-electron chi connectivity index (χ3n) is 4.08. The van der Waals surface area contributed by atoms with E-state index < -0.39 is 11.8 Å². The van der Waals surface area contributed by atoms with Crippen LogP contribution in [0.2, 0.25) is 0 Å². The number of Topliss-reactive ketones (excluding diaryl/α,β-unsaturated/α-hetero) is 1. The third-order valence-corrected chi connectivity index (χ3v) is 4.08. The van der Waals surface area contributed by atoms with E-state index in [1.54, 1.807) is 6.20 Å². The molecule has 1 saturated carbocycles. The van der Waals surface area contributed by atoms with Crippen molar-refractivity contribution in [3.8, 4) is 0 Å². The number of ether oxygens (including phenoxy) is 1. The highest BCUT2D eigenvalue weighted by atomic mass is 16.5. The minimum atomic E-state index is -0.688. The van der Waals surface area contributed by atoms with Gasteiger partial charge in [-0.2, -0.15) is 0 Å². The van der Waals surface area contributed by atoms with E-state index in [-0.39, 0.29) is 12.5 Å². The van der Waals surface area contributed by atoms with E-state index in [1.807, 2.05) is 24.3 Å². The lowest BCUT2D eigenvalue weighted by Gasteiger charge is -2.21. The molecule has 0 spiro atoms. The number of hydrogen-bond acceptors (Lipinski definition) is 3. The van der Waals surface area contributed by atoms with Crippen molar-refractivity contribution >= 4 is 22.7 Å². The van der Waals surface area contributed by atoms with Crippen LogP contribution in [0.3, 0.4) is 0 Å². The SMILES string of the molecule is O=C(Cc1c[nH]c2ccccc12)C(=O)OC1CCCCC1. The number of rotatable bonds is 4. The number of benzene rings is 1. The summed E-state index contributed by atoms with van der Waals surface area (Å²) in [5.74, 6) is -1.16. The predicted molar refractivity (Wildman–Crippen MR) is 80.0 cm³/mol. The molecule has 0 bridgehead atoms. The van der Waals surface area contributed by atoms with E-state index in [2.05, 4.69) is 4.98 Å². The highest BCUT2D eigenvalue weighted by molar-refractivity contribution is 6.34. The van der Waals surface area contributed by atoms with Crippen LogP contribution in [0.4, 0.5) is 0 Å². The van der Waals surface area contributed by atoms with Gasteiger partial charge in [-0.05, 0) is 37.3 Å². The van der Waals surface area contributed by atoms with Crippen LogP contribution in [0.1, 0.15) is 37.7 Å². The molecule has 2 aromatic rings. The Bertz CT molecular complexity index is 653. The van der Waals surface area contributed by atoms with Gasteiger partial charge in [0.1, 0.15) is 6.10 Å². The smallest absolute Gasteiger partial charge is 0.375 e. The lowest BCUT2D eigenvalue weighted by Crippen LogP contribution is -2.27. The van der Waals surface area contributed by atoms with Gasteiger partial charge in [0.2, 0.25) is 5.78 Å². The van der Waals surface area contributed by atoms with Crippen LogP contribution >= 0.6 is 0 Å². The van der Waals surface area contributed by atoms with Gasteiger partial charge < -0.3 is 9.72 Å². The van der Waals surface area contributed by atoms with Gasteiger partial charge in [-0.25, -0.2) is 4.79 Å². The summed E-state index contributed by atoms with van der Waals surface area (Å²) < 4.78 is 5.32.